The molecular weight excluding hydrogens is 550 g/mol. The molecule has 236 valence electrons. The zero-order valence-corrected chi connectivity index (χ0v) is 26.2. The van der Waals surface area contributed by atoms with Gasteiger partial charge in [-0.2, -0.15) is 0 Å². The molecule has 3 atom stereocenters. The maximum Gasteiger partial charge on any atom is 0.419 e. The van der Waals surface area contributed by atoms with Gasteiger partial charge in [-0.3, -0.25) is 23.7 Å². The number of aromatic nitrogens is 1. The molecule has 2 heterocycles. The number of carbonyl (C=O) groups excluding carboxylic acids is 5. The molecule has 0 saturated carbocycles. The van der Waals surface area contributed by atoms with Crippen LogP contribution in [0.3, 0.4) is 0 Å². The van der Waals surface area contributed by atoms with Gasteiger partial charge >= 0.3 is 6.09 Å². The van der Waals surface area contributed by atoms with E-state index >= 15 is 0 Å². The summed E-state index contributed by atoms with van der Waals surface area (Å²) >= 11 is 0. The Hall–Kier alpha value is -3.89. The molecule has 4 N–H and O–H groups in total. The van der Waals surface area contributed by atoms with Gasteiger partial charge in [0.15, 0.2) is 0 Å². The van der Waals surface area contributed by atoms with Crippen molar-refractivity contribution in [2.75, 3.05) is 6.54 Å². The van der Waals surface area contributed by atoms with Crippen LogP contribution in [0.15, 0.2) is 30.5 Å². The van der Waals surface area contributed by atoms with E-state index < -0.39 is 41.6 Å². The van der Waals surface area contributed by atoms with Gasteiger partial charge in [0, 0.05) is 31.0 Å². The molecule has 3 rings (SSSR count). The Morgan fingerprint density at radius 3 is 2.30 bits per heavy atom. The first-order chi connectivity index (χ1) is 20.3. The first kappa shape index (κ1) is 33.6. The van der Waals surface area contributed by atoms with E-state index in [1.807, 2.05) is 26.0 Å². The molecule has 1 aromatic carbocycles. The molecule has 0 bridgehead atoms. The van der Waals surface area contributed by atoms with Crippen LogP contribution < -0.4 is 21.3 Å². The fourth-order valence-electron chi connectivity index (χ4n) is 5.03. The molecule has 2 aromatic rings. The molecule has 1 fully saturated rings. The monoisotopic (exact) mass is 597 g/mol. The summed E-state index contributed by atoms with van der Waals surface area (Å²) in [4.78, 5) is 65.6. The van der Waals surface area contributed by atoms with Gasteiger partial charge in [-0.15, -0.1) is 0 Å². The molecule has 1 aliphatic rings. The average Bonchev–Trinajstić information content (AvgIpc) is 3.29. The number of hydrogen-bond acceptors (Lipinski definition) is 6. The molecular formula is C32H47N5O6. The van der Waals surface area contributed by atoms with Gasteiger partial charge in [-0.1, -0.05) is 51.3 Å². The minimum absolute atomic E-state index is 0.0288. The highest BCUT2D eigenvalue weighted by atomic mass is 16.6. The topological polar surface area (TPSA) is 148 Å². The normalized spacial score (nSPS) is 22.2. The minimum Gasteiger partial charge on any atom is -0.443 e. The second kappa shape index (κ2) is 15.0. The van der Waals surface area contributed by atoms with Gasteiger partial charge in [-0.25, -0.2) is 4.79 Å². The summed E-state index contributed by atoms with van der Waals surface area (Å²) in [5, 5.41) is 12.0. The van der Waals surface area contributed by atoms with Crippen molar-refractivity contribution in [3.63, 3.8) is 0 Å². The SMILES string of the molecule is CC(C)[C@@H]1NC(=O)[C@@H](Cc2cn(C(=O)OC(C)(C)C)c3ccccc23)NC(=O)[C@H](C)NC(=O)CCCCCCCNC1=O. The summed E-state index contributed by atoms with van der Waals surface area (Å²) in [7, 11) is 0. The van der Waals surface area contributed by atoms with Crippen LogP contribution in [0.4, 0.5) is 4.79 Å². The van der Waals surface area contributed by atoms with Gasteiger partial charge in [-0.05, 0) is 58.1 Å². The van der Waals surface area contributed by atoms with Crippen molar-refractivity contribution in [3.8, 4) is 0 Å². The van der Waals surface area contributed by atoms with Crippen LogP contribution in [0.5, 0.6) is 0 Å². The van der Waals surface area contributed by atoms with E-state index in [1.54, 1.807) is 46.0 Å². The third kappa shape index (κ3) is 9.83. The number of amides is 4. The summed E-state index contributed by atoms with van der Waals surface area (Å²) in [5.74, 6) is -1.79. The fourth-order valence-corrected chi connectivity index (χ4v) is 5.03. The zero-order valence-electron chi connectivity index (χ0n) is 26.2. The largest absolute Gasteiger partial charge is 0.443 e. The van der Waals surface area contributed by atoms with Gasteiger partial charge < -0.3 is 26.0 Å². The van der Waals surface area contributed by atoms with E-state index in [9.17, 15) is 24.0 Å². The van der Waals surface area contributed by atoms with Crippen molar-refractivity contribution in [1.29, 1.82) is 0 Å². The third-order valence-electron chi connectivity index (χ3n) is 7.34. The van der Waals surface area contributed by atoms with Crippen molar-refractivity contribution in [3.05, 3.63) is 36.0 Å². The number of nitrogens with zero attached hydrogens (tertiary/aromatic N) is 1. The molecule has 1 aliphatic heterocycles. The number of benzene rings is 1. The smallest absolute Gasteiger partial charge is 0.419 e. The molecule has 0 spiro atoms. The van der Waals surface area contributed by atoms with Crippen molar-refractivity contribution in [2.24, 2.45) is 5.92 Å². The highest BCUT2D eigenvalue weighted by Crippen LogP contribution is 2.24. The van der Waals surface area contributed by atoms with Gasteiger partial charge in [0.2, 0.25) is 23.6 Å². The molecule has 4 amide bonds. The number of carbonyl (C=O) groups is 5. The van der Waals surface area contributed by atoms with Crippen LogP contribution in [0.2, 0.25) is 0 Å². The van der Waals surface area contributed by atoms with Crippen LogP contribution in [-0.4, -0.2) is 64.6 Å². The minimum atomic E-state index is -1.10. The number of nitrogens with one attached hydrogen (secondary N) is 4. The predicted molar refractivity (Wildman–Crippen MR) is 164 cm³/mol. The molecule has 1 aromatic heterocycles. The molecule has 1 saturated heterocycles. The first-order valence-electron chi connectivity index (χ1n) is 15.3. The highest BCUT2D eigenvalue weighted by molar-refractivity contribution is 5.96. The van der Waals surface area contributed by atoms with Gasteiger partial charge in [0.05, 0.1) is 5.52 Å². The van der Waals surface area contributed by atoms with Gasteiger partial charge in [0.1, 0.15) is 23.7 Å². The molecule has 11 heteroatoms. The van der Waals surface area contributed by atoms with Gasteiger partial charge in [0.25, 0.3) is 0 Å². The lowest BCUT2D eigenvalue weighted by Crippen LogP contribution is -2.58. The van der Waals surface area contributed by atoms with Crippen LogP contribution >= 0.6 is 0 Å². The van der Waals surface area contributed by atoms with Crippen molar-refractivity contribution >= 4 is 40.6 Å². The number of fused-ring (bicyclic) bond motifs is 1. The maximum absolute atomic E-state index is 13.8. The Morgan fingerprint density at radius 2 is 1.60 bits per heavy atom. The Morgan fingerprint density at radius 1 is 0.930 bits per heavy atom. The van der Waals surface area contributed by atoms with Crippen LogP contribution in [0.25, 0.3) is 10.9 Å². The Balaban J connectivity index is 1.95. The van der Waals surface area contributed by atoms with Crippen LogP contribution in [0, 0.1) is 5.92 Å². The number of ether oxygens (including phenoxy) is 1. The lowest BCUT2D eigenvalue weighted by molar-refractivity contribution is -0.134. The van der Waals surface area contributed by atoms with E-state index in [0.29, 0.717) is 30.5 Å². The number of rotatable bonds is 3. The van der Waals surface area contributed by atoms with Crippen LogP contribution in [0.1, 0.15) is 85.6 Å². The first-order valence-corrected chi connectivity index (χ1v) is 15.3. The van der Waals surface area contributed by atoms with E-state index in [-0.39, 0.29) is 24.2 Å². The van der Waals surface area contributed by atoms with E-state index in [2.05, 4.69) is 21.3 Å². The lowest BCUT2D eigenvalue weighted by atomic mass is 10.00. The lowest BCUT2D eigenvalue weighted by Gasteiger charge is -2.26. The summed E-state index contributed by atoms with van der Waals surface area (Å²) in [6.07, 6.45) is 5.62. The van der Waals surface area contributed by atoms with Crippen molar-refractivity contribution in [1.82, 2.24) is 25.8 Å². The van der Waals surface area contributed by atoms with Crippen LogP contribution in [-0.2, 0) is 30.3 Å². The van der Waals surface area contributed by atoms with Crippen molar-refractivity contribution < 1.29 is 28.7 Å². The van der Waals surface area contributed by atoms with E-state index in [0.717, 1.165) is 31.1 Å². The Labute approximate surface area is 253 Å². The second-order valence-electron chi connectivity index (χ2n) is 12.6. The summed E-state index contributed by atoms with van der Waals surface area (Å²) in [6, 6.07) is 4.44. The third-order valence-corrected chi connectivity index (χ3v) is 7.34. The quantitative estimate of drug-likeness (QED) is 0.425. The fraction of sp³-hybridized carbons (Fsp3) is 0.594. The second-order valence-corrected chi connectivity index (χ2v) is 12.6. The standard InChI is InChI=1S/C32H47N5O6/c1-20(2)27-30(41)33-17-13-9-7-8-10-16-26(38)34-21(3)28(39)35-24(29(40)36-27)18-22-19-37(31(42)43-32(4,5)6)25-15-12-11-14-23(22)25/h11-12,14-15,19-21,24,27H,7-10,13,16-18H2,1-6H3,(H,33,41)(H,34,38)(H,35,39)(H,36,40)/t21-,24+,27-/m0/s1. The zero-order chi connectivity index (χ0) is 31.7. The van der Waals surface area contributed by atoms with E-state index in [4.69, 9.17) is 4.74 Å². The Kier molecular flexibility index (Phi) is 11.7. The highest BCUT2D eigenvalue weighted by Gasteiger charge is 2.31. The molecule has 11 nitrogen and oxygen atoms in total. The van der Waals surface area contributed by atoms with E-state index in [1.165, 1.54) is 4.57 Å². The summed E-state index contributed by atoms with van der Waals surface area (Å²) in [5.41, 5.74) is 0.509. The number of hydrogen-bond donors (Lipinski definition) is 4. The van der Waals surface area contributed by atoms with Crippen molar-refractivity contribution in [2.45, 2.75) is 110 Å². The molecule has 0 unspecified atom stereocenters. The molecule has 0 aliphatic carbocycles. The average molecular weight is 598 g/mol. The molecule has 0 radical (unpaired) electrons. The molecule has 43 heavy (non-hydrogen) atoms. The predicted octanol–water partition coefficient (Wildman–Crippen LogP) is 3.57. The maximum atomic E-state index is 13.8. The Bertz CT molecular complexity index is 1310. The summed E-state index contributed by atoms with van der Waals surface area (Å²) in [6.45, 7) is 11.1. The number of para-hydroxylation sites is 1. The summed E-state index contributed by atoms with van der Waals surface area (Å²) < 4.78 is 6.98.